The third kappa shape index (κ3) is 6.34. The number of carbonyl (C=O) groups is 2. The Morgan fingerprint density at radius 1 is 0.939 bits per heavy atom. The molecule has 2 aliphatic rings. The van der Waals surface area contributed by atoms with Gasteiger partial charge in [-0.3, -0.25) is 14.5 Å². The molecule has 2 atom stereocenters. The molecular formula is C26H33ClN4O2. The molecule has 0 radical (unpaired) electrons. The van der Waals surface area contributed by atoms with Crippen LogP contribution in [0, 0.1) is 0 Å². The highest BCUT2D eigenvalue weighted by Gasteiger charge is 2.24. The second-order valence-corrected chi connectivity index (χ2v) is 9.64. The maximum absolute atomic E-state index is 13.0. The van der Waals surface area contributed by atoms with Crippen LogP contribution in [-0.4, -0.2) is 41.9 Å². The topological polar surface area (TPSA) is 87.5 Å². The van der Waals surface area contributed by atoms with Crippen LogP contribution in [0.2, 0.25) is 5.02 Å². The van der Waals surface area contributed by atoms with Gasteiger partial charge in [-0.25, -0.2) is 0 Å². The van der Waals surface area contributed by atoms with Crippen molar-refractivity contribution in [3.05, 3.63) is 64.2 Å². The maximum Gasteiger partial charge on any atom is 0.255 e. The van der Waals surface area contributed by atoms with Gasteiger partial charge in [0.25, 0.3) is 11.8 Å². The second kappa shape index (κ2) is 11.1. The monoisotopic (exact) mass is 468 g/mol. The second-order valence-electron chi connectivity index (χ2n) is 9.20. The third-order valence-electron chi connectivity index (χ3n) is 6.69. The number of rotatable bonds is 6. The van der Waals surface area contributed by atoms with E-state index in [9.17, 15) is 9.59 Å². The Bertz CT molecular complexity index is 990. The van der Waals surface area contributed by atoms with Crippen LogP contribution in [0.15, 0.2) is 42.5 Å². The molecule has 2 aromatic carbocycles. The van der Waals surface area contributed by atoms with Crippen LogP contribution in [0.25, 0.3) is 0 Å². The summed E-state index contributed by atoms with van der Waals surface area (Å²) in [6, 6.07) is 12.4. The molecule has 0 spiro atoms. The van der Waals surface area contributed by atoms with Gasteiger partial charge in [0, 0.05) is 40.5 Å². The number of hydrogen-bond acceptors (Lipinski definition) is 4. The summed E-state index contributed by atoms with van der Waals surface area (Å²) in [5, 5.41) is 6.63. The summed E-state index contributed by atoms with van der Waals surface area (Å²) in [5.41, 5.74) is 8.88. The molecule has 1 aliphatic carbocycles. The molecule has 4 N–H and O–H groups in total. The van der Waals surface area contributed by atoms with E-state index < -0.39 is 0 Å². The van der Waals surface area contributed by atoms with Crippen LogP contribution in [0.1, 0.15) is 71.2 Å². The van der Waals surface area contributed by atoms with Gasteiger partial charge in [-0.2, -0.15) is 0 Å². The molecule has 1 aliphatic heterocycles. The van der Waals surface area contributed by atoms with Gasteiger partial charge in [0.15, 0.2) is 0 Å². The number of nitrogens with one attached hydrogen (secondary N) is 2. The number of likely N-dealkylation sites (tertiary alicyclic amines) is 1. The van der Waals surface area contributed by atoms with E-state index in [1.54, 1.807) is 30.3 Å². The van der Waals surface area contributed by atoms with E-state index in [0.29, 0.717) is 21.8 Å². The number of carbonyl (C=O) groups excluding carboxylic acids is 2. The zero-order valence-electron chi connectivity index (χ0n) is 19.0. The Hall–Kier alpha value is -2.41. The molecule has 4 rings (SSSR count). The first-order valence-electron chi connectivity index (χ1n) is 12.0. The first kappa shape index (κ1) is 23.7. The standard InChI is InChI=1S/C26H33ClN4O2/c27-21-8-6-7-18(15-21)25(32)30-24-16-19(26(33)29-23-10-3-2-9-22(23)28)11-12-20(24)17-31-13-4-1-5-14-31/h6-8,11-12,15-16,22-23H,1-5,9-10,13-14,17,28H2,(H,29,33)(H,30,32). The van der Waals surface area contributed by atoms with Gasteiger partial charge in [-0.05, 0) is 74.7 Å². The van der Waals surface area contributed by atoms with Crippen molar-refractivity contribution in [3.8, 4) is 0 Å². The van der Waals surface area contributed by atoms with Crippen molar-refractivity contribution in [2.45, 2.75) is 63.6 Å². The molecule has 0 bridgehead atoms. The van der Waals surface area contributed by atoms with Crippen molar-refractivity contribution < 1.29 is 9.59 Å². The average Bonchev–Trinajstić information content (AvgIpc) is 2.82. The maximum atomic E-state index is 13.0. The van der Waals surface area contributed by atoms with E-state index in [2.05, 4.69) is 15.5 Å². The molecule has 0 aromatic heterocycles. The highest BCUT2D eigenvalue weighted by Crippen LogP contribution is 2.24. The highest BCUT2D eigenvalue weighted by atomic mass is 35.5. The number of nitrogens with zero attached hydrogens (tertiary/aromatic N) is 1. The molecule has 1 saturated heterocycles. The number of halogens is 1. The summed E-state index contributed by atoms with van der Waals surface area (Å²) in [5.74, 6) is -0.399. The van der Waals surface area contributed by atoms with E-state index in [4.69, 9.17) is 17.3 Å². The largest absolute Gasteiger partial charge is 0.348 e. The van der Waals surface area contributed by atoms with Crippen LogP contribution in [0.4, 0.5) is 5.69 Å². The first-order valence-corrected chi connectivity index (χ1v) is 12.4. The molecule has 1 heterocycles. The SMILES string of the molecule is NC1CCCCC1NC(=O)c1ccc(CN2CCCCC2)c(NC(=O)c2cccc(Cl)c2)c1. The van der Waals surface area contributed by atoms with E-state index in [-0.39, 0.29) is 23.9 Å². The minimum absolute atomic E-state index is 0.0104. The van der Waals surface area contributed by atoms with E-state index >= 15 is 0 Å². The lowest BCUT2D eigenvalue weighted by Gasteiger charge is -2.29. The zero-order chi connectivity index (χ0) is 23.2. The highest BCUT2D eigenvalue weighted by molar-refractivity contribution is 6.31. The summed E-state index contributed by atoms with van der Waals surface area (Å²) in [7, 11) is 0. The Morgan fingerprint density at radius 3 is 2.45 bits per heavy atom. The predicted octanol–water partition coefficient (Wildman–Crippen LogP) is 4.58. The third-order valence-corrected chi connectivity index (χ3v) is 6.92. The summed E-state index contributed by atoms with van der Waals surface area (Å²) >= 11 is 6.07. The average molecular weight is 469 g/mol. The minimum Gasteiger partial charge on any atom is -0.348 e. The fourth-order valence-corrected chi connectivity index (χ4v) is 4.94. The van der Waals surface area contributed by atoms with Crippen LogP contribution < -0.4 is 16.4 Å². The van der Waals surface area contributed by atoms with Crippen molar-refractivity contribution in [1.29, 1.82) is 0 Å². The number of benzene rings is 2. The molecule has 2 fully saturated rings. The van der Waals surface area contributed by atoms with Crippen LogP contribution in [0.5, 0.6) is 0 Å². The molecule has 7 heteroatoms. The molecule has 1 saturated carbocycles. The van der Waals surface area contributed by atoms with Crippen molar-refractivity contribution in [2.75, 3.05) is 18.4 Å². The lowest BCUT2D eigenvalue weighted by Crippen LogP contribution is -2.49. The van der Waals surface area contributed by atoms with E-state index in [1.807, 2.05) is 12.1 Å². The number of nitrogens with two attached hydrogens (primary N) is 1. The van der Waals surface area contributed by atoms with Crippen molar-refractivity contribution >= 4 is 29.1 Å². The van der Waals surface area contributed by atoms with Gasteiger partial charge in [-0.15, -0.1) is 0 Å². The Balaban J connectivity index is 1.55. The minimum atomic E-state index is -0.246. The molecule has 6 nitrogen and oxygen atoms in total. The Kier molecular flexibility index (Phi) is 8.02. The lowest BCUT2D eigenvalue weighted by molar-refractivity contribution is 0.0920. The van der Waals surface area contributed by atoms with Gasteiger partial charge >= 0.3 is 0 Å². The molecule has 33 heavy (non-hydrogen) atoms. The van der Waals surface area contributed by atoms with Gasteiger partial charge < -0.3 is 16.4 Å². The van der Waals surface area contributed by atoms with Crippen LogP contribution in [0.3, 0.4) is 0 Å². The quantitative estimate of drug-likeness (QED) is 0.579. The van der Waals surface area contributed by atoms with Crippen molar-refractivity contribution in [3.63, 3.8) is 0 Å². The van der Waals surface area contributed by atoms with Crippen LogP contribution >= 0.6 is 11.6 Å². The van der Waals surface area contributed by atoms with Gasteiger partial charge in [0.05, 0.1) is 0 Å². The zero-order valence-corrected chi connectivity index (χ0v) is 19.7. The Labute approximate surface area is 200 Å². The summed E-state index contributed by atoms with van der Waals surface area (Å²) in [6.45, 7) is 2.83. The van der Waals surface area contributed by atoms with Gasteiger partial charge in [0.2, 0.25) is 0 Å². The molecule has 2 aromatic rings. The first-order chi connectivity index (χ1) is 16.0. The number of amides is 2. The number of hydrogen-bond donors (Lipinski definition) is 3. The smallest absolute Gasteiger partial charge is 0.255 e. The summed E-state index contributed by atoms with van der Waals surface area (Å²) in [4.78, 5) is 28.4. The summed E-state index contributed by atoms with van der Waals surface area (Å²) in [6.07, 6.45) is 7.65. The Morgan fingerprint density at radius 2 is 1.70 bits per heavy atom. The fourth-order valence-electron chi connectivity index (χ4n) is 4.75. The number of anilines is 1. The molecule has 2 unspecified atom stereocenters. The van der Waals surface area contributed by atoms with Gasteiger partial charge in [0.1, 0.15) is 0 Å². The molecule has 176 valence electrons. The predicted molar refractivity (Wildman–Crippen MR) is 133 cm³/mol. The summed E-state index contributed by atoms with van der Waals surface area (Å²) < 4.78 is 0. The van der Waals surface area contributed by atoms with E-state index in [1.165, 1.54) is 19.3 Å². The fraction of sp³-hybridized carbons (Fsp3) is 0.462. The lowest BCUT2D eigenvalue weighted by atomic mass is 9.91. The van der Waals surface area contributed by atoms with Crippen molar-refractivity contribution in [1.82, 2.24) is 10.2 Å². The van der Waals surface area contributed by atoms with Crippen molar-refractivity contribution in [2.24, 2.45) is 5.73 Å². The molecule has 2 amide bonds. The van der Waals surface area contributed by atoms with E-state index in [0.717, 1.165) is 50.9 Å². The van der Waals surface area contributed by atoms with Crippen LogP contribution in [-0.2, 0) is 6.54 Å². The normalized spacial score (nSPS) is 21.4. The number of piperidine rings is 1. The van der Waals surface area contributed by atoms with Gasteiger partial charge in [-0.1, -0.05) is 43.0 Å². The molecular weight excluding hydrogens is 436 g/mol.